The van der Waals surface area contributed by atoms with Crippen molar-refractivity contribution in [3.05, 3.63) is 87.0 Å². The van der Waals surface area contributed by atoms with Gasteiger partial charge in [-0.25, -0.2) is 14.4 Å². The fraction of sp³-hybridized carbons (Fsp3) is 0. The van der Waals surface area contributed by atoms with Crippen LogP contribution in [-0.2, 0) is 0 Å². The van der Waals surface area contributed by atoms with E-state index in [9.17, 15) is 29.7 Å². The molecule has 0 aliphatic rings. The van der Waals surface area contributed by atoms with Crippen molar-refractivity contribution in [2.45, 2.75) is 0 Å². The van der Waals surface area contributed by atoms with E-state index in [1.807, 2.05) is 22.6 Å². The predicted molar refractivity (Wildman–Crippen MR) is 115 cm³/mol. The summed E-state index contributed by atoms with van der Waals surface area (Å²) >= 11 is 1.97. The first-order valence-corrected chi connectivity index (χ1v) is 9.36. The van der Waals surface area contributed by atoms with Crippen LogP contribution in [0.3, 0.4) is 0 Å². The van der Waals surface area contributed by atoms with Gasteiger partial charge in [0, 0.05) is 3.57 Å². The average molecular weight is 503 g/mol. The predicted octanol–water partition coefficient (Wildman–Crippen LogP) is 4.86. The SMILES string of the molecule is O=C(O)c1ccccc1N(c1ccccc1C(=O)O)c1ccc(I)cc1C(=O)O. The number of hydrogen-bond donors (Lipinski definition) is 3. The molecule has 0 spiro atoms. The maximum absolute atomic E-state index is 11.9. The monoisotopic (exact) mass is 503 g/mol. The second-order valence-corrected chi connectivity index (χ2v) is 7.19. The minimum atomic E-state index is -1.22. The van der Waals surface area contributed by atoms with E-state index >= 15 is 0 Å². The molecule has 3 aromatic carbocycles. The van der Waals surface area contributed by atoms with Gasteiger partial charge in [-0.2, -0.15) is 0 Å². The summed E-state index contributed by atoms with van der Waals surface area (Å²) in [6.07, 6.45) is 0. The first-order chi connectivity index (χ1) is 13.8. The molecule has 3 aromatic rings. The largest absolute Gasteiger partial charge is 0.478 e. The average Bonchev–Trinajstić information content (AvgIpc) is 2.69. The van der Waals surface area contributed by atoms with Crippen molar-refractivity contribution in [1.82, 2.24) is 0 Å². The maximum Gasteiger partial charge on any atom is 0.337 e. The second-order valence-electron chi connectivity index (χ2n) is 5.95. The molecule has 0 atom stereocenters. The number of para-hydroxylation sites is 2. The lowest BCUT2D eigenvalue weighted by molar-refractivity contribution is 0.0688. The lowest BCUT2D eigenvalue weighted by Gasteiger charge is -2.29. The Balaban J connectivity index is 2.42. The van der Waals surface area contributed by atoms with E-state index in [1.54, 1.807) is 30.3 Å². The van der Waals surface area contributed by atoms with Gasteiger partial charge in [0.2, 0.25) is 0 Å². The molecule has 0 aromatic heterocycles. The summed E-state index contributed by atoms with van der Waals surface area (Å²) in [7, 11) is 0. The summed E-state index contributed by atoms with van der Waals surface area (Å²) in [6, 6.07) is 16.7. The molecular weight excluding hydrogens is 489 g/mol. The van der Waals surface area contributed by atoms with Gasteiger partial charge in [0.15, 0.2) is 0 Å². The fourth-order valence-electron chi connectivity index (χ4n) is 2.96. The molecule has 0 radical (unpaired) electrons. The second kappa shape index (κ2) is 8.31. The Labute approximate surface area is 179 Å². The molecular formula is C21H14INO6. The van der Waals surface area contributed by atoms with Gasteiger partial charge in [-0.15, -0.1) is 0 Å². The zero-order chi connectivity index (χ0) is 21.1. The Kier molecular flexibility index (Phi) is 5.83. The zero-order valence-electron chi connectivity index (χ0n) is 14.7. The number of carboxylic acids is 3. The van der Waals surface area contributed by atoms with Crippen LogP contribution in [0, 0.1) is 3.57 Å². The van der Waals surface area contributed by atoms with Gasteiger partial charge in [0.05, 0.1) is 33.8 Å². The Morgan fingerprint density at radius 3 is 1.48 bits per heavy atom. The molecule has 7 nitrogen and oxygen atoms in total. The number of aromatic carboxylic acids is 3. The van der Waals surface area contributed by atoms with Crippen molar-refractivity contribution < 1.29 is 29.7 Å². The van der Waals surface area contributed by atoms with E-state index in [0.717, 1.165) is 0 Å². The summed E-state index contributed by atoms with van der Waals surface area (Å²) < 4.78 is 0.668. The highest BCUT2D eigenvalue weighted by molar-refractivity contribution is 14.1. The van der Waals surface area contributed by atoms with E-state index in [-0.39, 0.29) is 33.8 Å². The van der Waals surface area contributed by atoms with Crippen molar-refractivity contribution in [1.29, 1.82) is 0 Å². The number of anilines is 3. The summed E-state index contributed by atoms with van der Waals surface area (Å²) in [6.45, 7) is 0. The van der Waals surface area contributed by atoms with Crippen molar-refractivity contribution in [2.75, 3.05) is 4.90 Å². The third kappa shape index (κ3) is 4.06. The minimum Gasteiger partial charge on any atom is -0.478 e. The van der Waals surface area contributed by atoms with Crippen LogP contribution in [-0.4, -0.2) is 33.2 Å². The maximum atomic E-state index is 11.9. The molecule has 3 N–H and O–H groups in total. The molecule has 0 saturated carbocycles. The molecule has 0 bridgehead atoms. The Hall–Kier alpha value is -3.40. The van der Waals surface area contributed by atoms with Crippen molar-refractivity contribution in [2.24, 2.45) is 0 Å². The summed E-state index contributed by atoms with van der Waals surface area (Å²) in [5, 5.41) is 29.0. The van der Waals surface area contributed by atoms with Crippen LogP contribution in [0.4, 0.5) is 17.1 Å². The molecule has 0 amide bonds. The summed E-state index contributed by atoms with van der Waals surface area (Å²) in [5.41, 5.74) is 0.178. The molecule has 8 heteroatoms. The third-order valence-corrected chi connectivity index (χ3v) is 4.85. The molecule has 146 valence electrons. The van der Waals surface area contributed by atoms with Gasteiger partial charge >= 0.3 is 17.9 Å². The van der Waals surface area contributed by atoms with Gasteiger partial charge in [0.25, 0.3) is 0 Å². The Morgan fingerprint density at radius 2 is 1.03 bits per heavy atom. The third-order valence-electron chi connectivity index (χ3n) is 4.18. The van der Waals surface area contributed by atoms with E-state index in [1.165, 1.54) is 41.3 Å². The number of benzene rings is 3. The number of nitrogens with zero attached hydrogens (tertiary/aromatic N) is 1. The molecule has 0 aliphatic heterocycles. The number of rotatable bonds is 6. The van der Waals surface area contributed by atoms with Crippen LogP contribution in [0.25, 0.3) is 0 Å². The molecule has 0 saturated heterocycles. The normalized spacial score (nSPS) is 10.4. The lowest BCUT2D eigenvalue weighted by atomic mass is 10.0. The first kappa shape index (κ1) is 20.3. The van der Waals surface area contributed by atoms with Crippen LogP contribution in [0.5, 0.6) is 0 Å². The van der Waals surface area contributed by atoms with Crippen LogP contribution in [0.15, 0.2) is 66.7 Å². The zero-order valence-corrected chi connectivity index (χ0v) is 16.9. The Bertz CT molecular complexity index is 1070. The van der Waals surface area contributed by atoms with Crippen LogP contribution < -0.4 is 4.90 Å². The molecule has 29 heavy (non-hydrogen) atoms. The molecule has 3 rings (SSSR count). The van der Waals surface area contributed by atoms with Gasteiger partial charge in [-0.1, -0.05) is 24.3 Å². The molecule has 0 fully saturated rings. The molecule has 0 unspecified atom stereocenters. The number of halogens is 1. The van der Waals surface area contributed by atoms with Crippen LogP contribution >= 0.6 is 22.6 Å². The van der Waals surface area contributed by atoms with Gasteiger partial charge in [-0.3, -0.25) is 0 Å². The fourth-order valence-corrected chi connectivity index (χ4v) is 3.45. The van der Waals surface area contributed by atoms with E-state index < -0.39 is 17.9 Å². The standard InChI is InChI=1S/C21H14INO6/c22-12-9-10-18(15(11-12)21(28)29)23(16-7-3-1-5-13(16)19(24)25)17-8-4-2-6-14(17)20(26)27/h1-11H,(H,24,25)(H,26,27)(H,28,29). The molecule has 0 heterocycles. The van der Waals surface area contributed by atoms with Crippen LogP contribution in [0.2, 0.25) is 0 Å². The van der Waals surface area contributed by atoms with Gasteiger partial charge in [0.1, 0.15) is 0 Å². The van der Waals surface area contributed by atoms with E-state index in [2.05, 4.69) is 0 Å². The summed E-state index contributed by atoms with van der Waals surface area (Å²) in [4.78, 5) is 36.9. The van der Waals surface area contributed by atoms with E-state index in [4.69, 9.17) is 0 Å². The lowest BCUT2D eigenvalue weighted by Crippen LogP contribution is -2.19. The van der Waals surface area contributed by atoms with Crippen molar-refractivity contribution >= 4 is 57.6 Å². The number of carboxylic acid groups (broad SMARTS) is 3. The number of carbonyl (C=O) groups is 3. The topological polar surface area (TPSA) is 115 Å². The Morgan fingerprint density at radius 1 is 0.621 bits per heavy atom. The van der Waals surface area contributed by atoms with Gasteiger partial charge < -0.3 is 20.2 Å². The molecule has 0 aliphatic carbocycles. The van der Waals surface area contributed by atoms with Crippen molar-refractivity contribution in [3.63, 3.8) is 0 Å². The highest BCUT2D eigenvalue weighted by Gasteiger charge is 2.26. The minimum absolute atomic E-state index is 0.0858. The van der Waals surface area contributed by atoms with Gasteiger partial charge in [-0.05, 0) is 65.1 Å². The van der Waals surface area contributed by atoms with Crippen molar-refractivity contribution in [3.8, 4) is 0 Å². The highest BCUT2D eigenvalue weighted by Crippen LogP contribution is 2.40. The first-order valence-electron chi connectivity index (χ1n) is 8.29. The van der Waals surface area contributed by atoms with Crippen LogP contribution in [0.1, 0.15) is 31.1 Å². The smallest absolute Gasteiger partial charge is 0.337 e. The quantitative estimate of drug-likeness (QED) is 0.412. The van der Waals surface area contributed by atoms with E-state index in [0.29, 0.717) is 3.57 Å². The number of hydrogen-bond acceptors (Lipinski definition) is 4. The summed E-state index contributed by atoms with van der Waals surface area (Å²) in [5.74, 6) is -3.66. The highest BCUT2D eigenvalue weighted by atomic mass is 127.